The molecule has 0 fully saturated rings. The second kappa shape index (κ2) is 9.85. The van der Waals surface area contributed by atoms with E-state index in [0.29, 0.717) is 10.8 Å². The summed E-state index contributed by atoms with van der Waals surface area (Å²) in [6, 6.07) is 10.0. The molecule has 2 atom stereocenters. The van der Waals surface area contributed by atoms with E-state index >= 15 is 0 Å². The molecule has 2 N–H and O–H groups in total. The Balaban J connectivity index is 1.96. The van der Waals surface area contributed by atoms with Crippen molar-refractivity contribution in [3.63, 3.8) is 0 Å². The number of anilines is 1. The van der Waals surface area contributed by atoms with Crippen molar-refractivity contribution >= 4 is 35.2 Å². The highest BCUT2D eigenvalue weighted by Crippen LogP contribution is 2.19. The van der Waals surface area contributed by atoms with E-state index in [2.05, 4.69) is 15.6 Å². The number of aryl methyl sites for hydroxylation is 1. The minimum Gasteiger partial charge on any atom is -0.452 e. The lowest BCUT2D eigenvalue weighted by Gasteiger charge is -2.19. The summed E-state index contributed by atoms with van der Waals surface area (Å²) in [5.41, 5.74) is 1.84. The fourth-order valence-corrected chi connectivity index (χ4v) is 2.55. The van der Waals surface area contributed by atoms with Gasteiger partial charge in [-0.15, -0.1) is 0 Å². The third kappa shape index (κ3) is 6.66. The molecule has 1 heterocycles. The van der Waals surface area contributed by atoms with Gasteiger partial charge in [0.15, 0.2) is 6.10 Å². The number of benzene rings is 1. The van der Waals surface area contributed by atoms with E-state index in [1.165, 1.54) is 20.0 Å². The molecular formula is C20H22ClN3O4. The molecule has 8 heteroatoms. The first-order chi connectivity index (χ1) is 13.2. The first kappa shape index (κ1) is 21.4. The highest BCUT2D eigenvalue weighted by molar-refractivity contribution is 6.30. The van der Waals surface area contributed by atoms with Crippen LogP contribution in [0, 0.1) is 6.92 Å². The van der Waals surface area contributed by atoms with Crippen molar-refractivity contribution in [1.82, 2.24) is 10.3 Å². The Labute approximate surface area is 168 Å². The van der Waals surface area contributed by atoms with Gasteiger partial charge >= 0.3 is 5.97 Å². The average molecular weight is 404 g/mol. The molecule has 2 rings (SSSR count). The Kier molecular flexibility index (Phi) is 7.52. The normalized spacial score (nSPS) is 12.6. The maximum Gasteiger partial charge on any atom is 0.309 e. The standard InChI is InChI=1S/C20H22ClN3O4/c1-12-4-6-15(7-5-12)17(23-14(3)25)10-19(26)28-13(2)20(27)24-18-9-8-16(21)11-22-18/h4-9,11,13,17H,10H2,1-3H3,(H,23,25)(H,22,24,27). The van der Waals surface area contributed by atoms with Crippen LogP contribution in [0.25, 0.3) is 0 Å². The van der Waals surface area contributed by atoms with Gasteiger partial charge in [0.25, 0.3) is 5.91 Å². The van der Waals surface area contributed by atoms with Crippen LogP contribution in [0.5, 0.6) is 0 Å². The summed E-state index contributed by atoms with van der Waals surface area (Å²) in [6.45, 7) is 4.78. The quantitative estimate of drug-likeness (QED) is 0.692. The van der Waals surface area contributed by atoms with Gasteiger partial charge in [-0.1, -0.05) is 41.4 Å². The molecule has 0 saturated heterocycles. The summed E-state index contributed by atoms with van der Waals surface area (Å²) in [5, 5.41) is 5.72. The number of ether oxygens (including phenoxy) is 1. The van der Waals surface area contributed by atoms with Crippen LogP contribution < -0.4 is 10.6 Å². The molecule has 0 aliphatic carbocycles. The van der Waals surface area contributed by atoms with E-state index in [0.717, 1.165) is 11.1 Å². The Morgan fingerprint density at radius 2 is 1.82 bits per heavy atom. The number of esters is 1. The van der Waals surface area contributed by atoms with Gasteiger partial charge in [0.1, 0.15) is 5.82 Å². The summed E-state index contributed by atoms with van der Waals surface area (Å²) in [5.74, 6) is -1.09. The summed E-state index contributed by atoms with van der Waals surface area (Å²) in [7, 11) is 0. The van der Waals surface area contributed by atoms with Gasteiger partial charge in [-0.05, 0) is 31.5 Å². The molecule has 2 amide bonds. The number of hydrogen-bond donors (Lipinski definition) is 2. The maximum atomic E-state index is 12.3. The molecule has 2 unspecified atom stereocenters. The lowest BCUT2D eigenvalue weighted by molar-refractivity contribution is -0.153. The van der Waals surface area contributed by atoms with Crippen molar-refractivity contribution in [3.05, 3.63) is 58.7 Å². The van der Waals surface area contributed by atoms with Crippen molar-refractivity contribution in [1.29, 1.82) is 0 Å². The van der Waals surface area contributed by atoms with Gasteiger partial charge in [-0.3, -0.25) is 14.4 Å². The minimum atomic E-state index is -1.03. The van der Waals surface area contributed by atoms with Crippen molar-refractivity contribution in [3.8, 4) is 0 Å². The van der Waals surface area contributed by atoms with Gasteiger partial charge in [0.05, 0.1) is 17.5 Å². The van der Waals surface area contributed by atoms with Gasteiger partial charge in [0.2, 0.25) is 5.91 Å². The van der Waals surface area contributed by atoms with E-state index in [4.69, 9.17) is 16.3 Å². The van der Waals surface area contributed by atoms with E-state index in [9.17, 15) is 14.4 Å². The number of amides is 2. The van der Waals surface area contributed by atoms with Crippen molar-refractivity contribution in [2.75, 3.05) is 5.32 Å². The van der Waals surface area contributed by atoms with Crippen LogP contribution in [-0.4, -0.2) is 28.9 Å². The molecule has 28 heavy (non-hydrogen) atoms. The fourth-order valence-electron chi connectivity index (χ4n) is 2.44. The van der Waals surface area contributed by atoms with Gasteiger partial charge in [0, 0.05) is 13.1 Å². The van der Waals surface area contributed by atoms with Crippen molar-refractivity contribution < 1.29 is 19.1 Å². The molecular weight excluding hydrogens is 382 g/mol. The van der Waals surface area contributed by atoms with Crippen LogP contribution in [-0.2, 0) is 19.1 Å². The zero-order valence-electron chi connectivity index (χ0n) is 15.9. The number of carbonyl (C=O) groups is 3. The summed E-state index contributed by atoms with van der Waals surface area (Å²) in [6.07, 6.45) is 0.272. The third-order valence-corrected chi connectivity index (χ3v) is 4.11. The Morgan fingerprint density at radius 3 is 2.39 bits per heavy atom. The lowest BCUT2D eigenvalue weighted by Crippen LogP contribution is -2.33. The molecule has 0 saturated carbocycles. The second-order valence-electron chi connectivity index (χ2n) is 6.35. The Hall–Kier alpha value is -2.93. The van der Waals surface area contributed by atoms with Crippen molar-refractivity contribution in [2.24, 2.45) is 0 Å². The van der Waals surface area contributed by atoms with Gasteiger partial charge in [-0.2, -0.15) is 0 Å². The van der Waals surface area contributed by atoms with Crippen LogP contribution in [0.4, 0.5) is 5.82 Å². The maximum absolute atomic E-state index is 12.3. The average Bonchev–Trinajstić information content (AvgIpc) is 2.63. The fraction of sp³-hybridized carbons (Fsp3) is 0.300. The largest absolute Gasteiger partial charge is 0.452 e. The molecule has 0 radical (unpaired) electrons. The minimum absolute atomic E-state index is 0.0978. The monoisotopic (exact) mass is 403 g/mol. The third-order valence-electron chi connectivity index (χ3n) is 3.88. The van der Waals surface area contributed by atoms with Crippen LogP contribution >= 0.6 is 11.6 Å². The molecule has 0 spiro atoms. The predicted molar refractivity (Wildman–Crippen MR) is 106 cm³/mol. The molecule has 0 aliphatic heterocycles. The van der Waals surface area contributed by atoms with Crippen LogP contribution in [0.1, 0.15) is 37.4 Å². The van der Waals surface area contributed by atoms with Crippen LogP contribution in [0.2, 0.25) is 5.02 Å². The smallest absolute Gasteiger partial charge is 0.309 e. The number of nitrogens with zero attached hydrogens (tertiary/aromatic N) is 1. The summed E-state index contributed by atoms with van der Waals surface area (Å²) in [4.78, 5) is 39.9. The van der Waals surface area contributed by atoms with Crippen LogP contribution in [0.15, 0.2) is 42.6 Å². The number of nitrogens with one attached hydrogen (secondary N) is 2. The number of carbonyl (C=O) groups excluding carboxylic acids is 3. The van der Waals surface area contributed by atoms with Crippen LogP contribution in [0.3, 0.4) is 0 Å². The summed E-state index contributed by atoms with van der Waals surface area (Å²) >= 11 is 5.75. The van der Waals surface area contributed by atoms with E-state index in [1.54, 1.807) is 12.1 Å². The highest BCUT2D eigenvalue weighted by Gasteiger charge is 2.22. The van der Waals surface area contributed by atoms with Crippen molar-refractivity contribution in [2.45, 2.75) is 39.3 Å². The molecule has 2 aromatic rings. The lowest BCUT2D eigenvalue weighted by atomic mass is 10.0. The molecule has 1 aromatic heterocycles. The first-order valence-electron chi connectivity index (χ1n) is 8.70. The summed E-state index contributed by atoms with van der Waals surface area (Å²) < 4.78 is 5.21. The second-order valence-corrected chi connectivity index (χ2v) is 6.79. The number of hydrogen-bond acceptors (Lipinski definition) is 5. The first-order valence-corrected chi connectivity index (χ1v) is 9.08. The van der Waals surface area contributed by atoms with Gasteiger partial charge < -0.3 is 15.4 Å². The molecule has 7 nitrogen and oxygen atoms in total. The zero-order valence-corrected chi connectivity index (χ0v) is 16.6. The Morgan fingerprint density at radius 1 is 1.14 bits per heavy atom. The molecule has 0 bridgehead atoms. The Bertz CT molecular complexity index is 838. The highest BCUT2D eigenvalue weighted by atomic mass is 35.5. The number of aromatic nitrogens is 1. The molecule has 148 valence electrons. The van der Waals surface area contributed by atoms with E-state index < -0.39 is 24.0 Å². The van der Waals surface area contributed by atoms with E-state index in [-0.39, 0.29) is 12.3 Å². The SMILES string of the molecule is CC(=O)NC(CC(=O)OC(C)C(=O)Nc1ccc(Cl)cn1)c1ccc(C)cc1. The van der Waals surface area contributed by atoms with Gasteiger partial charge in [-0.25, -0.2) is 4.98 Å². The molecule has 1 aromatic carbocycles. The van der Waals surface area contributed by atoms with E-state index in [1.807, 2.05) is 31.2 Å². The number of pyridine rings is 1. The predicted octanol–water partition coefficient (Wildman–Crippen LogP) is 3.18. The zero-order chi connectivity index (χ0) is 20.7. The molecule has 0 aliphatic rings. The number of rotatable bonds is 7. The topological polar surface area (TPSA) is 97.4 Å². The number of halogens is 1.